The van der Waals surface area contributed by atoms with E-state index in [1.54, 1.807) is 7.11 Å². The molecule has 1 atom stereocenters. The summed E-state index contributed by atoms with van der Waals surface area (Å²) in [5.41, 5.74) is 7.27. The highest BCUT2D eigenvalue weighted by Gasteiger charge is 2.31. The molecule has 0 bridgehead atoms. The van der Waals surface area contributed by atoms with Crippen LogP contribution in [0.25, 0.3) is 0 Å². The number of carbonyl (C=O) groups excluding carboxylic acids is 1. The molecule has 1 saturated carbocycles. The molecule has 0 saturated heterocycles. The Morgan fingerprint density at radius 2 is 2.41 bits per heavy atom. The van der Waals surface area contributed by atoms with E-state index in [1.165, 1.54) is 18.4 Å². The van der Waals surface area contributed by atoms with Crippen molar-refractivity contribution >= 4 is 5.91 Å². The summed E-state index contributed by atoms with van der Waals surface area (Å²) in [5, 5.41) is 0. The molecule has 2 N–H and O–H groups in total. The molecule has 2 aliphatic rings. The van der Waals surface area contributed by atoms with E-state index in [4.69, 9.17) is 10.5 Å². The number of hydrogen-bond donors (Lipinski definition) is 1. The van der Waals surface area contributed by atoms with Crippen molar-refractivity contribution in [3.8, 4) is 0 Å². The Hall–Kier alpha value is -0.870. The molecule has 4 nitrogen and oxygen atoms in total. The van der Waals surface area contributed by atoms with Crippen molar-refractivity contribution in [1.29, 1.82) is 0 Å². The van der Waals surface area contributed by atoms with Crippen LogP contribution in [-0.4, -0.2) is 43.7 Å². The quantitative estimate of drug-likeness (QED) is 0.725. The average molecular weight is 238 g/mol. The zero-order valence-electron chi connectivity index (χ0n) is 10.5. The summed E-state index contributed by atoms with van der Waals surface area (Å²) in [6.07, 6.45) is 5.95. The van der Waals surface area contributed by atoms with Gasteiger partial charge in [0, 0.05) is 32.7 Å². The summed E-state index contributed by atoms with van der Waals surface area (Å²) < 4.78 is 5.09. The van der Waals surface area contributed by atoms with Gasteiger partial charge in [-0.1, -0.05) is 6.08 Å². The lowest BCUT2D eigenvalue weighted by Gasteiger charge is -2.27. The lowest BCUT2D eigenvalue weighted by atomic mass is 10.1. The second kappa shape index (κ2) is 5.65. The molecule has 0 aromatic rings. The normalized spacial score (nSPS) is 22.2. The molecule has 1 aliphatic carbocycles. The molecule has 96 valence electrons. The predicted molar refractivity (Wildman–Crippen MR) is 66.5 cm³/mol. The van der Waals surface area contributed by atoms with Gasteiger partial charge in [0.2, 0.25) is 5.91 Å². The molecule has 0 spiro atoms. The molecular weight excluding hydrogens is 216 g/mol. The van der Waals surface area contributed by atoms with Gasteiger partial charge in [-0.25, -0.2) is 0 Å². The molecular formula is C13H22N2O2. The highest BCUT2D eigenvalue weighted by atomic mass is 16.5. The highest BCUT2D eigenvalue weighted by molar-refractivity contribution is 5.77. The second-order valence-electron chi connectivity index (χ2n) is 5.09. The van der Waals surface area contributed by atoms with Gasteiger partial charge in [-0.2, -0.15) is 0 Å². The van der Waals surface area contributed by atoms with Crippen LogP contribution in [0.2, 0.25) is 0 Å². The van der Waals surface area contributed by atoms with Gasteiger partial charge in [-0.3, -0.25) is 4.79 Å². The summed E-state index contributed by atoms with van der Waals surface area (Å²) in [5.74, 6) is 0.806. The predicted octanol–water partition coefficient (Wildman–Crippen LogP) is 0.919. The second-order valence-corrected chi connectivity index (χ2v) is 5.09. The molecule has 1 amide bonds. The van der Waals surface area contributed by atoms with Gasteiger partial charge in [0.15, 0.2) is 0 Å². The number of carbonyl (C=O) groups is 1. The van der Waals surface area contributed by atoms with Gasteiger partial charge in [0.05, 0.1) is 6.61 Å². The van der Waals surface area contributed by atoms with Crippen molar-refractivity contribution in [3.05, 3.63) is 11.6 Å². The van der Waals surface area contributed by atoms with Crippen LogP contribution in [0.4, 0.5) is 0 Å². The molecule has 0 radical (unpaired) electrons. The molecule has 1 fully saturated rings. The zero-order chi connectivity index (χ0) is 12.3. The van der Waals surface area contributed by atoms with E-state index in [2.05, 4.69) is 6.08 Å². The minimum absolute atomic E-state index is 0.0758. The molecule has 0 aromatic heterocycles. The Morgan fingerprint density at radius 1 is 1.65 bits per heavy atom. The Balaban J connectivity index is 1.77. The molecule has 1 unspecified atom stereocenters. The zero-order valence-corrected chi connectivity index (χ0v) is 10.5. The van der Waals surface area contributed by atoms with Crippen LogP contribution in [0.15, 0.2) is 11.6 Å². The van der Waals surface area contributed by atoms with Gasteiger partial charge >= 0.3 is 0 Å². The van der Waals surface area contributed by atoms with Crippen molar-refractivity contribution in [1.82, 2.24) is 4.90 Å². The third-order valence-electron chi connectivity index (χ3n) is 3.62. The maximum atomic E-state index is 12.0. The molecule has 1 aliphatic heterocycles. The number of ether oxygens (including phenoxy) is 1. The van der Waals surface area contributed by atoms with Crippen molar-refractivity contribution in [2.45, 2.75) is 31.7 Å². The highest BCUT2D eigenvalue weighted by Crippen LogP contribution is 2.33. The van der Waals surface area contributed by atoms with Gasteiger partial charge in [0.25, 0.3) is 0 Å². The Labute approximate surface area is 103 Å². The number of nitrogens with zero attached hydrogens (tertiary/aromatic N) is 1. The fraction of sp³-hybridized carbons (Fsp3) is 0.769. The van der Waals surface area contributed by atoms with Gasteiger partial charge in [-0.05, 0) is 30.8 Å². The van der Waals surface area contributed by atoms with Crippen molar-refractivity contribution in [2.75, 3.05) is 26.8 Å². The number of nitrogens with two attached hydrogens (primary N) is 1. The first-order chi connectivity index (χ1) is 8.20. The Kier molecular flexibility index (Phi) is 4.18. The molecule has 17 heavy (non-hydrogen) atoms. The summed E-state index contributed by atoms with van der Waals surface area (Å²) >= 11 is 0. The summed E-state index contributed by atoms with van der Waals surface area (Å²) in [4.78, 5) is 13.9. The minimum atomic E-state index is 0.0758. The molecule has 2 rings (SSSR count). The van der Waals surface area contributed by atoms with Crippen LogP contribution >= 0.6 is 0 Å². The Bertz CT molecular complexity index is 311. The van der Waals surface area contributed by atoms with Crippen LogP contribution in [0.5, 0.6) is 0 Å². The van der Waals surface area contributed by atoms with Gasteiger partial charge in [0.1, 0.15) is 0 Å². The van der Waals surface area contributed by atoms with Crippen LogP contribution in [0.3, 0.4) is 0 Å². The summed E-state index contributed by atoms with van der Waals surface area (Å²) in [7, 11) is 1.70. The smallest absolute Gasteiger partial charge is 0.224 e. The maximum Gasteiger partial charge on any atom is 0.224 e. The van der Waals surface area contributed by atoms with Crippen molar-refractivity contribution < 1.29 is 9.53 Å². The van der Waals surface area contributed by atoms with E-state index >= 15 is 0 Å². The number of methoxy groups -OCH3 is 1. The van der Waals surface area contributed by atoms with E-state index in [1.807, 2.05) is 4.90 Å². The van der Waals surface area contributed by atoms with Crippen LogP contribution in [0, 0.1) is 5.92 Å². The van der Waals surface area contributed by atoms with Crippen LogP contribution < -0.4 is 5.73 Å². The number of rotatable bonds is 5. The van der Waals surface area contributed by atoms with E-state index in [-0.39, 0.29) is 11.9 Å². The lowest BCUT2D eigenvalue weighted by molar-refractivity contribution is -0.131. The Morgan fingerprint density at radius 3 is 2.94 bits per heavy atom. The standard InChI is InChI=1S/C13H22N2O2/c1-17-9-10-4-6-15(7-5-10)13(16)8-12(14)11-2-3-11/h4,11-12H,2-3,5-9,14H2,1H3. The summed E-state index contributed by atoms with van der Waals surface area (Å²) in [6, 6.07) is 0.0758. The fourth-order valence-electron chi connectivity index (χ4n) is 2.28. The third kappa shape index (κ3) is 3.54. The first kappa shape index (κ1) is 12.6. The molecule has 0 aromatic carbocycles. The van der Waals surface area contributed by atoms with E-state index in [0.29, 0.717) is 18.9 Å². The van der Waals surface area contributed by atoms with E-state index in [9.17, 15) is 4.79 Å². The minimum Gasteiger partial charge on any atom is -0.380 e. The molecule has 4 heteroatoms. The fourth-order valence-corrected chi connectivity index (χ4v) is 2.28. The van der Waals surface area contributed by atoms with Gasteiger partial charge in [-0.15, -0.1) is 0 Å². The topological polar surface area (TPSA) is 55.6 Å². The number of hydrogen-bond acceptors (Lipinski definition) is 3. The SMILES string of the molecule is COCC1=CCN(C(=O)CC(N)C2CC2)CC1. The first-order valence-corrected chi connectivity index (χ1v) is 6.41. The number of amides is 1. The van der Waals surface area contributed by atoms with Crippen LogP contribution in [0.1, 0.15) is 25.7 Å². The lowest BCUT2D eigenvalue weighted by Crippen LogP contribution is -2.39. The first-order valence-electron chi connectivity index (χ1n) is 6.41. The average Bonchev–Trinajstić information content (AvgIpc) is 3.14. The monoisotopic (exact) mass is 238 g/mol. The molecule has 1 heterocycles. The maximum absolute atomic E-state index is 12.0. The van der Waals surface area contributed by atoms with Crippen molar-refractivity contribution in [2.24, 2.45) is 11.7 Å². The van der Waals surface area contributed by atoms with Crippen LogP contribution in [-0.2, 0) is 9.53 Å². The third-order valence-corrected chi connectivity index (χ3v) is 3.62. The largest absolute Gasteiger partial charge is 0.380 e. The van der Waals surface area contributed by atoms with Gasteiger partial charge < -0.3 is 15.4 Å². The van der Waals surface area contributed by atoms with E-state index < -0.39 is 0 Å². The van der Waals surface area contributed by atoms with E-state index in [0.717, 1.165) is 19.5 Å². The van der Waals surface area contributed by atoms with Crippen molar-refractivity contribution in [3.63, 3.8) is 0 Å². The summed E-state index contributed by atoms with van der Waals surface area (Å²) in [6.45, 7) is 2.21.